The van der Waals surface area contributed by atoms with E-state index in [-0.39, 0.29) is 0 Å². The lowest BCUT2D eigenvalue weighted by Crippen LogP contribution is -2.29. The average molecular weight is 201 g/mol. The number of allylic oxidation sites excluding steroid dienone is 1. The summed E-state index contributed by atoms with van der Waals surface area (Å²) in [5.41, 5.74) is 2.83. The van der Waals surface area contributed by atoms with E-state index in [4.69, 9.17) is 4.74 Å². The topological polar surface area (TPSA) is 21.3 Å². The summed E-state index contributed by atoms with van der Waals surface area (Å²) in [4.78, 5) is 0. The molecule has 0 spiro atoms. The minimum Gasteiger partial charge on any atom is -0.496 e. The fourth-order valence-electron chi connectivity index (χ4n) is 2.46. The van der Waals surface area contributed by atoms with Crippen LogP contribution in [-0.2, 0) is 11.3 Å². The minimum atomic E-state index is 0.304. The molecule has 1 aromatic rings. The summed E-state index contributed by atoms with van der Waals surface area (Å²) < 4.78 is 5.68. The first-order valence-electron chi connectivity index (χ1n) is 5.57. The van der Waals surface area contributed by atoms with Gasteiger partial charge < -0.3 is 10.1 Å². The van der Waals surface area contributed by atoms with Gasteiger partial charge >= 0.3 is 0 Å². The van der Waals surface area contributed by atoms with E-state index in [2.05, 4.69) is 35.7 Å². The Bertz CT molecular complexity index is 386. The van der Waals surface area contributed by atoms with E-state index in [1.165, 1.54) is 11.1 Å². The normalized spacial score (nSPS) is 28.5. The van der Waals surface area contributed by atoms with Crippen molar-refractivity contribution < 1.29 is 4.74 Å². The molecular formula is C13H15NO. The van der Waals surface area contributed by atoms with E-state index in [1.54, 1.807) is 0 Å². The highest BCUT2D eigenvalue weighted by Gasteiger charge is 2.30. The second-order valence-corrected chi connectivity index (χ2v) is 4.18. The molecule has 2 nitrogen and oxygen atoms in total. The largest absolute Gasteiger partial charge is 0.496 e. The SMILES string of the molecule is C1=COC(C2NCc3ccccc32)CC1. The van der Waals surface area contributed by atoms with Gasteiger partial charge in [-0.2, -0.15) is 0 Å². The smallest absolute Gasteiger partial charge is 0.117 e. The van der Waals surface area contributed by atoms with Crippen LogP contribution in [0.2, 0.25) is 0 Å². The molecule has 0 aromatic heterocycles. The van der Waals surface area contributed by atoms with Gasteiger partial charge in [0.25, 0.3) is 0 Å². The third-order valence-electron chi connectivity index (χ3n) is 3.24. The molecule has 0 aliphatic carbocycles. The maximum atomic E-state index is 5.68. The summed E-state index contributed by atoms with van der Waals surface area (Å²) in [6.45, 7) is 0.977. The highest BCUT2D eigenvalue weighted by atomic mass is 16.5. The van der Waals surface area contributed by atoms with Gasteiger partial charge in [0.2, 0.25) is 0 Å². The molecule has 2 atom stereocenters. The maximum Gasteiger partial charge on any atom is 0.117 e. The number of hydrogen-bond donors (Lipinski definition) is 1. The molecule has 15 heavy (non-hydrogen) atoms. The minimum absolute atomic E-state index is 0.304. The van der Waals surface area contributed by atoms with Crippen molar-refractivity contribution in [3.63, 3.8) is 0 Å². The fourth-order valence-corrected chi connectivity index (χ4v) is 2.46. The van der Waals surface area contributed by atoms with Crippen molar-refractivity contribution in [2.75, 3.05) is 0 Å². The van der Waals surface area contributed by atoms with Crippen molar-refractivity contribution in [1.82, 2.24) is 5.32 Å². The molecule has 0 saturated heterocycles. The number of benzene rings is 1. The molecule has 2 aliphatic heterocycles. The predicted octanol–water partition coefficient (Wildman–Crippen LogP) is 2.52. The number of rotatable bonds is 1. The fraction of sp³-hybridized carbons (Fsp3) is 0.385. The maximum absolute atomic E-state index is 5.68. The molecule has 0 saturated carbocycles. The van der Waals surface area contributed by atoms with E-state index < -0.39 is 0 Å². The standard InChI is InChI=1S/C13H15NO/c1-2-6-11-10(5-1)9-14-13(11)12-7-3-4-8-15-12/h1-2,4-6,8,12-14H,3,7,9H2. The lowest BCUT2D eigenvalue weighted by molar-refractivity contribution is 0.0892. The van der Waals surface area contributed by atoms with Gasteiger partial charge in [0.15, 0.2) is 0 Å². The van der Waals surface area contributed by atoms with Crippen molar-refractivity contribution in [2.45, 2.75) is 31.5 Å². The van der Waals surface area contributed by atoms with Crippen LogP contribution in [0.4, 0.5) is 0 Å². The van der Waals surface area contributed by atoms with Gasteiger partial charge in [0, 0.05) is 6.54 Å². The average Bonchev–Trinajstić information content (AvgIpc) is 2.74. The first-order chi connectivity index (χ1) is 7.45. The van der Waals surface area contributed by atoms with Gasteiger partial charge in [-0.05, 0) is 30.0 Å². The molecule has 2 unspecified atom stereocenters. The molecule has 2 aliphatic rings. The van der Waals surface area contributed by atoms with Crippen LogP contribution < -0.4 is 5.32 Å². The summed E-state index contributed by atoms with van der Waals surface area (Å²) in [6, 6.07) is 9.00. The zero-order valence-electron chi connectivity index (χ0n) is 8.65. The number of nitrogens with one attached hydrogen (secondary N) is 1. The summed E-state index contributed by atoms with van der Waals surface area (Å²) in [7, 11) is 0. The van der Waals surface area contributed by atoms with E-state index in [9.17, 15) is 0 Å². The van der Waals surface area contributed by atoms with Gasteiger partial charge in [-0.15, -0.1) is 0 Å². The van der Waals surface area contributed by atoms with Gasteiger partial charge in [0.1, 0.15) is 6.10 Å². The third-order valence-corrected chi connectivity index (χ3v) is 3.24. The first-order valence-corrected chi connectivity index (χ1v) is 5.57. The molecule has 78 valence electrons. The van der Waals surface area contributed by atoms with Gasteiger partial charge in [-0.25, -0.2) is 0 Å². The molecule has 3 rings (SSSR count). The second-order valence-electron chi connectivity index (χ2n) is 4.18. The van der Waals surface area contributed by atoms with Crippen molar-refractivity contribution >= 4 is 0 Å². The molecule has 1 aromatic carbocycles. The molecule has 0 fully saturated rings. The molecular weight excluding hydrogens is 186 g/mol. The summed E-state index contributed by atoms with van der Waals surface area (Å²) >= 11 is 0. The van der Waals surface area contributed by atoms with Crippen molar-refractivity contribution in [2.24, 2.45) is 0 Å². The van der Waals surface area contributed by atoms with Gasteiger partial charge in [-0.3, -0.25) is 0 Å². The van der Waals surface area contributed by atoms with Crippen LogP contribution in [0.25, 0.3) is 0 Å². The highest BCUT2D eigenvalue weighted by Crippen LogP contribution is 2.32. The van der Waals surface area contributed by atoms with Crippen molar-refractivity contribution in [3.05, 3.63) is 47.7 Å². The molecule has 0 bridgehead atoms. The van der Waals surface area contributed by atoms with E-state index in [1.807, 2.05) is 6.26 Å². The number of ether oxygens (including phenoxy) is 1. The van der Waals surface area contributed by atoms with Crippen LogP contribution in [0.5, 0.6) is 0 Å². The van der Waals surface area contributed by atoms with Crippen LogP contribution in [0.1, 0.15) is 30.0 Å². The highest BCUT2D eigenvalue weighted by molar-refractivity contribution is 5.34. The molecule has 0 radical (unpaired) electrons. The lowest BCUT2D eigenvalue weighted by Gasteiger charge is -2.26. The quantitative estimate of drug-likeness (QED) is 0.753. The van der Waals surface area contributed by atoms with Crippen molar-refractivity contribution in [1.29, 1.82) is 0 Å². The zero-order valence-corrected chi connectivity index (χ0v) is 8.65. The van der Waals surface area contributed by atoms with Crippen LogP contribution in [-0.4, -0.2) is 6.10 Å². The Kier molecular flexibility index (Phi) is 2.22. The second kappa shape index (κ2) is 3.70. The zero-order chi connectivity index (χ0) is 10.1. The van der Waals surface area contributed by atoms with Crippen molar-refractivity contribution in [3.8, 4) is 0 Å². The Morgan fingerprint density at radius 1 is 1.27 bits per heavy atom. The first kappa shape index (κ1) is 8.98. The van der Waals surface area contributed by atoms with E-state index in [0.717, 1.165) is 19.4 Å². The number of hydrogen-bond acceptors (Lipinski definition) is 2. The van der Waals surface area contributed by atoms with Crippen LogP contribution in [0.3, 0.4) is 0 Å². The molecule has 2 heterocycles. The Morgan fingerprint density at radius 3 is 3.07 bits per heavy atom. The van der Waals surface area contributed by atoms with Crippen LogP contribution >= 0.6 is 0 Å². The summed E-state index contributed by atoms with van der Waals surface area (Å²) in [5.74, 6) is 0. The summed E-state index contributed by atoms with van der Waals surface area (Å²) in [6.07, 6.45) is 6.49. The monoisotopic (exact) mass is 201 g/mol. The van der Waals surface area contributed by atoms with E-state index in [0.29, 0.717) is 12.1 Å². The third kappa shape index (κ3) is 1.55. The number of fused-ring (bicyclic) bond motifs is 1. The Morgan fingerprint density at radius 2 is 2.20 bits per heavy atom. The van der Waals surface area contributed by atoms with Crippen LogP contribution in [0, 0.1) is 0 Å². The Labute approximate surface area is 89.9 Å². The molecule has 2 heteroatoms. The van der Waals surface area contributed by atoms with Crippen LogP contribution in [0.15, 0.2) is 36.6 Å². The predicted molar refractivity (Wildman–Crippen MR) is 59.3 cm³/mol. The van der Waals surface area contributed by atoms with E-state index >= 15 is 0 Å². The Balaban J connectivity index is 1.87. The Hall–Kier alpha value is -1.28. The molecule has 1 N–H and O–H groups in total. The summed E-state index contributed by atoms with van der Waals surface area (Å²) in [5, 5.41) is 3.53. The van der Waals surface area contributed by atoms with Gasteiger partial charge in [0.05, 0.1) is 12.3 Å². The lowest BCUT2D eigenvalue weighted by atomic mass is 9.97. The molecule has 0 amide bonds. The van der Waals surface area contributed by atoms with Gasteiger partial charge in [-0.1, -0.05) is 24.3 Å².